The molecule has 1 heterocycles. The number of aryl methyl sites for hydroxylation is 1. The maximum Gasteiger partial charge on any atom is 0.119 e. The van der Waals surface area contributed by atoms with Crippen molar-refractivity contribution < 1.29 is 4.74 Å². The summed E-state index contributed by atoms with van der Waals surface area (Å²) in [5, 5.41) is 10.9. The van der Waals surface area contributed by atoms with Crippen LogP contribution in [0.15, 0.2) is 48.1 Å². The van der Waals surface area contributed by atoms with Crippen molar-refractivity contribution in [3.8, 4) is 16.9 Å². The third-order valence-corrected chi connectivity index (χ3v) is 3.70. The predicted molar refractivity (Wildman–Crippen MR) is 98.6 cm³/mol. The molecular weight excluding hydrogens is 308 g/mol. The third-order valence-electron chi connectivity index (χ3n) is 3.44. The fourth-order valence-electron chi connectivity index (χ4n) is 2.28. The van der Waals surface area contributed by atoms with E-state index in [1.807, 2.05) is 43.6 Å². The summed E-state index contributed by atoms with van der Waals surface area (Å²) in [4.78, 5) is 0. The van der Waals surface area contributed by atoms with Crippen LogP contribution in [0.1, 0.15) is 11.1 Å². The Morgan fingerprint density at radius 3 is 2.74 bits per heavy atom. The number of benzene rings is 1. The number of hydrogen-bond acceptors (Lipinski definition) is 4. The van der Waals surface area contributed by atoms with Gasteiger partial charge >= 0.3 is 0 Å². The van der Waals surface area contributed by atoms with Crippen molar-refractivity contribution in [2.45, 2.75) is 6.92 Å². The van der Waals surface area contributed by atoms with Crippen LogP contribution in [-0.4, -0.2) is 24.0 Å². The maximum atomic E-state index is 5.58. The lowest BCUT2D eigenvalue weighted by Gasteiger charge is -2.11. The highest BCUT2D eigenvalue weighted by Crippen LogP contribution is 2.24. The van der Waals surface area contributed by atoms with Gasteiger partial charge in [0.1, 0.15) is 5.75 Å². The first-order valence-electron chi connectivity index (χ1n) is 7.22. The maximum absolute atomic E-state index is 5.58. The van der Waals surface area contributed by atoms with Gasteiger partial charge in [0.2, 0.25) is 0 Å². The number of ether oxygens (including phenoxy) is 1. The van der Waals surface area contributed by atoms with Crippen LogP contribution < -0.4 is 15.8 Å². The molecule has 0 saturated carbocycles. The molecule has 0 amide bonds. The van der Waals surface area contributed by atoms with Gasteiger partial charge in [-0.15, -0.1) is 12.6 Å². The summed E-state index contributed by atoms with van der Waals surface area (Å²) in [6.07, 6.45) is 3.78. The average Bonchev–Trinajstić information content (AvgIpc) is 2.57. The Morgan fingerprint density at radius 1 is 1.26 bits per heavy atom. The van der Waals surface area contributed by atoms with E-state index in [1.54, 1.807) is 12.5 Å². The van der Waals surface area contributed by atoms with Gasteiger partial charge in [-0.05, 0) is 47.2 Å². The summed E-state index contributed by atoms with van der Waals surface area (Å²) >= 11 is 4.25. The number of rotatable bonds is 5. The number of nitrogens with one attached hydrogen (secondary N) is 3. The molecule has 0 fully saturated rings. The van der Waals surface area contributed by atoms with E-state index in [9.17, 15) is 0 Å². The van der Waals surface area contributed by atoms with Crippen LogP contribution in [0, 0.1) is 6.92 Å². The molecule has 2 aromatic rings. The van der Waals surface area contributed by atoms with E-state index in [2.05, 4.69) is 34.2 Å². The van der Waals surface area contributed by atoms with Crippen LogP contribution in [0.25, 0.3) is 16.8 Å². The SMILES string of the molecule is COc1cccc(-c2c[nH][nH]cc(/C(=C/S)NCN)c(C)c2)c1. The molecule has 0 atom stereocenters. The highest BCUT2D eigenvalue weighted by atomic mass is 32.1. The molecule has 0 saturated heterocycles. The molecule has 0 spiro atoms. The molecule has 6 heteroatoms. The van der Waals surface area contributed by atoms with Crippen LogP contribution in [0.2, 0.25) is 0 Å². The molecule has 0 aliphatic carbocycles. The lowest BCUT2D eigenvalue weighted by atomic mass is 10.0. The zero-order chi connectivity index (χ0) is 16.7. The molecule has 5 nitrogen and oxygen atoms in total. The first kappa shape index (κ1) is 17.1. The number of thiol groups is 1. The van der Waals surface area contributed by atoms with E-state index < -0.39 is 0 Å². The van der Waals surface area contributed by atoms with Crippen molar-refractivity contribution in [3.05, 3.63) is 59.3 Å². The lowest BCUT2D eigenvalue weighted by molar-refractivity contribution is 0.415. The van der Waals surface area contributed by atoms with Crippen LogP contribution in [0.3, 0.4) is 0 Å². The number of methoxy groups -OCH3 is 1. The molecule has 0 bridgehead atoms. The van der Waals surface area contributed by atoms with Crippen LogP contribution in [-0.2, 0) is 0 Å². The van der Waals surface area contributed by atoms with Crippen LogP contribution in [0.4, 0.5) is 0 Å². The quantitative estimate of drug-likeness (QED) is 0.431. The van der Waals surface area contributed by atoms with E-state index in [-0.39, 0.29) is 0 Å². The largest absolute Gasteiger partial charge is 0.497 e. The second-order valence-corrected chi connectivity index (χ2v) is 5.19. The zero-order valence-corrected chi connectivity index (χ0v) is 14.2. The van der Waals surface area contributed by atoms with Gasteiger partial charge in [-0.25, -0.2) is 0 Å². The molecule has 1 aromatic heterocycles. The van der Waals surface area contributed by atoms with Gasteiger partial charge < -0.3 is 26.0 Å². The molecule has 2 rings (SSSR count). The lowest BCUT2D eigenvalue weighted by Crippen LogP contribution is -2.20. The Balaban J connectivity index is 2.55. The monoisotopic (exact) mass is 330 g/mol. The summed E-state index contributed by atoms with van der Waals surface area (Å²) < 4.78 is 5.30. The molecule has 23 heavy (non-hydrogen) atoms. The predicted octanol–water partition coefficient (Wildman–Crippen LogP) is 3.19. The number of aromatic nitrogens is 2. The second-order valence-electron chi connectivity index (χ2n) is 4.93. The van der Waals surface area contributed by atoms with Crippen molar-refractivity contribution in [2.75, 3.05) is 13.8 Å². The fourth-order valence-corrected chi connectivity index (χ4v) is 2.51. The number of H-pyrrole nitrogens is 2. The average molecular weight is 330 g/mol. The Morgan fingerprint density at radius 2 is 2.04 bits per heavy atom. The molecule has 0 aliphatic heterocycles. The molecule has 0 unspecified atom stereocenters. The Labute approximate surface area is 141 Å². The van der Waals surface area contributed by atoms with Crippen molar-refractivity contribution in [1.82, 2.24) is 15.5 Å². The smallest absolute Gasteiger partial charge is 0.119 e. The van der Waals surface area contributed by atoms with E-state index >= 15 is 0 Å². The van der Waals surface area contributed by atoms with E-state index in [4.69, 9.17) is 10.5 Å². The molecule has 5 N–H and O–H groups in total. The van der Waals surface area contributed by atoms with E-state index in [0.717, 1.165) is 33.7 Å². The third kappa shape index (κ3) is 4.34. The van der Waals surface area contributed by atoms with Crippen molar-refractivity contribution >= 4 is 18.3 Å². The van der Waals surface area contributed by atoms with Gasteiger partial charge in [-0.1, -0.05) is 12.1 Å². The second kappa shape index (κ2) is 8.36. The summed E-state index contributed by atoms with van der Waals surface area (Å²) in [6.45, 7) is 2.38. The van der Waals surface area contributed by atoms with Crippen molar-refractivity contribution in [2.24, 2.45) is 5.73 Å². The Kier molecular flexibility index (Phi) is 6.19. The van der Waals surface area contributed by atoms with Crippen molar-refractivity contribution in [1.29, 1.82) is 0 Å². The van der Waals surface area contributed by atoms with Crippen molar-refractivity contribution in [3.63, 3.8) is 0 Å². The highest BCUT2D eigenvalue weighted by molar-refractivity contribution is 7.83. The topological polar surface area (TPSA) is 78.9 Å². The first-order chi connectivity index (χ1) is 11.2. The molecule has 1 aromatic carbocycles. The van der Waals surface area contributed by atoms with Crippen LogP contribution in [0.5, 0.6) is 5.75 Å². The van der Waals surface area contributed by atoms with Gasteiger partial charge in [-0.2, -0.15) is 0 Å². The summed E-state index contributed by atoms with van der Waals surface area (Å²) in [5.74, 6) is 0.820. The zero-order valence-electron chi connectivity index (χ0n) is 13.3. The molecule has 0 aliphatic rings. The Hall–Kier alpha value is -2.31. The highest BCUT2D eigenvalue weighted by Gasteiger charge is 2.04. The summed E-state index contributed by atoms with van der Waals surface area (Å²) in [7, 11) is 1.66. The Bertz CT molecular complexity index is 732. The normalized spacial score (nSPS) is 11.0. The van der Waals surface area contributed by atoms with Gasteiger partial charge in [0.05, 0.1) is 19.5 Å². The minimum atomic E-state index is 0.336. The number of nitrogens with two attached hydrogens (primary N) is 1. The van der Waals surface area contributed by atoms with Gasteiger partial charge in [0, 0.05) is 18.0 Å². The minimum Gasteiger partial charge on any atom is -0.497 e. The molecular formula is C17H22N4OS. The molecule has 0 radical (unpaired) electrons. The van der Waals surface area contributed by atoms with Gasteiger partial charge in [0.15, 0.2) is 0 Å². The summed E-state index contributed by atoms with van der Waals surface area (Å²) in [6, 6.07) is 10.0. The standard InChI is InChI=1S/C17H22N4OS/c1-12-6-14(13-4-3-5-15(7-13)22-2)8-20-21-9-16(12)17(10-23)19-11-18/h3-10,19-21,23H,11,18H2,1-2H3/b12-6?,14-8?,16-9?,17-10-. The van der Waals surface area contributed by atoms with Gasteiger partial charge in [-0.3, -0.25) is 0 Å². The number of aromatic amines is 2. The summed E-state index contributed by atoms with van der Waals surface area (Å²) in [5.41, 5.74) is 10.6. The first-order valence-corrected chi connectivity index (χ1v) is 7.74. The minimum absolute atomic E-state index is 0.336. The number of hydrogen-bond donors (Lipinski definition) is 5. The fraction of sp³-hybridized carbons (Fsp3) is 0.176. The van der Waals surface area contributed by atoms with E-state index in [0.29, 0.717) is 6.67 Å². The van der Waals surface area contributed by atoms with E-state index in [1.165, 1.54) is 0 Å². The van der Waals surface area contributed by atoms with Crippen LogP contribution >= 0.6 is 12.6 Å². The van der Waals surface area contributed by atoms with Gasteiger partial charge in [0.25, 0.3) is 0 Å². The molecule has 122 valence electrons.